The molecule has 3 heterocycles. The second-order valence-corrected chi connectivity index (χ2v) is 7.65. The lowest BCUT2D eigenvalue weighted by atomic mass is 10.0. The lowest BCUT2D eigenvalue weighted by Crippen LogP contribution is -2.47. The number of carbonyl (C=O) groups excluding carboxylic acids is 1. The van der Waals surface area contributed by atoms with Gasteiger partial charge in [-0.1, -0.05) is 19.9 Å². The van der Waals surface area contributed by atoms with Crippen molar-refractivity contribution in [2.24, 2.45) is 0 Å². The minimum absolute atomic E-state index is 0.155. The van der Waals surface area contributed by atoms with E-state index < -0.39 is 0 Å². The first-order chi connectivity index (χ1) is 14.6. The van der Waals surface area contributed by atoms with Crippen molar-refractivity contribution < 1.29 is 4.79 Å². The fraction of sp³-hybridized carbons (Fsp3) is 0.304. The van der Waals surface area contributed by atoms with Crippen LogP contribution >= 0.6 is 0 Å². The topological polar surface area (TPSA) is 74.2 Å². The fourth-order valence-corrected chi connectivity index (χ4v) is 3.57. The molecule has 0 radical (unpaired) electrons. The van der Waals surface area contributed by atoms with Gasteiger partial charge in [0, 0.05) is 51.0 Å². The molecule has 0 atom stereocenters. The van der Waals surface area contributed by atoms with E-state index in [0.29, 0.717) is 11.5 Å². The maximum atomic E-state index is 12.7. The number of amides is 1. The molecule has 1 fully saturated rings. The van der Waals surface area contributed by atoms with Gasteiger partial charge < -0.3 is 15.1 Å². The van der Waals surface area contributed by atoms with Gasteiger partial charge in [0.15, 0.2) is 0 Å². The van der Waals surface area contributed by atoms with Gasteiger partial charge in [-0.15, -0.1) is 0 Å². The minimum atomic E-state index is -0.155. The molecule has 3 aromatic rings. The van der Waals surface area contributed by atoms with Gasteiger partial charge >= 0.3 is 0 Å². The van der Waals surface area contributed by atoms with Gasteiger partial charge in [-0.2, -0.15) is 0 Å². The molecule has 2 aromatic heterocycles. The van der Waals surface area contributed by atoms with Crippen LogP contribution < -0.4 is 15.1 Å². The van der Waals surface area contributed by atoms with Crippen molar-refractivity contribution in [3.8, 4) is 0 Å². The molecule has 0 aliphatic carbocycles. The maximum Gasteiger partial charge on any atom is 0.257 e. The molecule has 0 bridgehead atoms. The number of anilines is 3. The van der Waals surface area contributed by atoms with Crippen LogP contribution in [0.25, 0.3) is 0 Å². The number of hydrogen-bond donors (Lipinski definition) is 1. The van der Waals surface area contributed by atoms with Crippen LogP contribution in [0.4, 0.5) is 17.3 Å². The van der Waals surface area contributed by atoms with E-state index in [0.717, 1.165) is 43.5 Å². The van der Waals surface area contributed by atoms with Gasteiger partial charge in [-0.3, -0.25) is 9.78 Å². The number of piperazine rings is 1. The van der Waals surface area contributed by atoms with E-state index in [9.17, 15) is 4.79 Å². The standard InChI is InChI=1S/C23H26N6O/c1-17(2)18-6-7-20(27-22(30)19-5-3-8-24-16-19)21(15-18)28-11-13-29(14-12-28)23-25-9-4-10-26-23/h3-10,15-17H,11-14H2,1-2H3,(H,27,30). The summed E-state index contributed by atoms with van der Waals surface area (Å²) < 4.78 is 0. The Morgan fingerprint density at radius 3 is 2.37 bits per heavy atom. The van der Waals surface area contributed by atoms with E-state index in [1.807, 2.05) is 12.1 Å². The summed E-state index contributed by atoms with van der Waals surface area (Å²) in [6, 6.07) is 11.6. The van der Waals surface area contributed by atoms with E-state index in [2.05, 4.69) is 56.0 Å². The maximum absolute atomic E-state index is 12.7. The molecule has 1 aliphatic rings. The Balaban J connectivity index is 1.55. The molecular formula is C23H26N6O. The second-order valence-electron chi connectivity index (χ2n) is 7.65. The summed E-state index contributed by atoms with van der Waals surface area (Å²) in [4.78, 5) is 30.0. The van der Waals surface area contributed by atoms with Crippen molar-refractivity contribution in [2.75, 3.05) is 41.3 Å². The van der Waals surface area contributed by atoms with Crippen LogP contribution in [0.3, 0.4) is 0 Å². The number of pyridine rings is 1. The van der Waals surface area contributed by atoms with Crippen molar-refractivity contribution in [2.45, 2.75) is 19.8 Å². The molecule has 1 aromatic carbocycles. The number of rotatable bonds is 5. The third-order valence-corrected chi connectivity index (χ3v) is 5.32. The number of nitrogens with zero attached hydrogens (tertiary/aromatic N) is 5. The average molecular weight is 403 g/mol. The average Bonchev–Trinajstić information content (AvgIpc) is 2.80. The molecule has 7 heteroatoms. The second kappa shape index (κ2) is 8.90. The zero-order valence-electron chi connectivity index (χ0n) is 17.3. The Bertz CT molecular complexity index is 985. The van der Waals surface area contributed by atoms with Crippen molar-refractivity contribution in [3.63, 3.8) is 0 Å². The van der Waals surface area contributed by atoms with Gasteiger partial charge in [0.2, 0.25) is 5.95 Å². The first kappa shape index (κ1) is 19.8. The van der Waals surface area contributed by atoms with Crippen LogP contribution in [0.15, 0.2) is 61.2 Å². The molecule has 0 unspecified atom stereocenters. The third-order valence-electron chi connectivity index (χ3n) is 5.32. The van der Waals surface area contributed by atoms with Gasteiger partial charge in [0.1, 0.15) is 0 Å². The zero-order chi connectivity index (χ0) is 20.9. The van der Waals surface area contributed by atoms with Crippen molar-refractivity contribution in [3.05, 3.63) is 72.3 Å². The number of benzene rings is 1. The van der Waals surface area contributed by atoms with Gasteiger partial charge in [0.25, 0.3) is 5.91 Å². The van der Waals surface area contributed by atoms with Gasteiger partial charge in [-0.05, 0) is 41.8 Å². The summed E-state index contributed by atoms with van der Waals surface area (Å²) in [5, 5.41) is 3.07. The third kappa shape index (κ3) is 4.40. The van der Waals surface area contributed by atoms with E-state index in [1.54, 1.807) is 36.9 Å². The highest BCUT2D eigenvalue weighted by atomic mass is 16.1. The Labute approximate surface area is 176 Å². The molecule has 1 N–H and O–H groups in total. The Morgan fingerprint density at radius 2 is 1.70 bits per heavy atom. The lowest BCUT2D eigenvalue weighted by molar-refractivity contribution is 0.102. The van der Waals surface area contributed by atoms with Crippen LogP contribution in [-0.2, 0) is 0 Å². The van der Waals surface area contributed by atoms with E-state index in [4.69, 9.17) is 0 Å². The quantitative estimate of drug-likeness (QED) is 0.703. The van der Waals surface area contributed by atoms with Crippen molar-refractivity contribution in [1.29, 1.82) is 0 Å². The zero-order valence-corrected chi connectivity index (χ0v) is 17.3. The van der Waals surface area contributed by atoms with E-state index in [1.165, 1.54) is 5.56 Å². The molecular weight excluding hydrogens is 376 g/mol. The molecule has 1 saturated heterocycles. The first-order valence-electron chi connectivity index (χ1n) is 10.2. The molecule has 30 heavy (non-hydrogen) atoms. The lowest BCUT2D eigenvalue weighted by Gasteiger charge is -2.37. The Kier molecular flexibility index (Phi) is 5.88. The Hall–Kier alpha value is -3.48. The molecule has 1 amide bonds. The van der Waals surface area contributed by atoms with E-state index in [-0.39, 0.29) is 5.91 Å². The number of hydrogen-bond acceptors (Lipinski definition) is 6. The van der Waals surface area contributed by atoms with E-state index >= 15 is 0 Å². The largest absolute Gasteiger partial charge is 0.366 e. The van der Waals surface area contributed by atoms with Gasteiger partial charge in [0.05, 0.1) is 16.9 Å². The number of aromatic nitrogens is 3. The summed E-state index contributed by atoms with van der Waals surface area (Å²) >= 11 is 0. The van der Waals surface area contributed by atoms with Crippen LogP contribution in [0.5, 0.6) is 0 Å². The summed E-state index contributed by atoms with van der Waals surface area (Å²) in [6.07, 6.45) is 6.78. The number of nitrogens with one attached hydrogen (secondary N) is 1. The smallest absolute Gasteiger partial charge is 0.257 e. The Morgan fingerprint density at radius 1 is 0.967 bits per heavy atom. The molecule has 0 saturated carbocycles. The summed E-state index contributed by atoms with van der Waals surface area (Å²) in [5.74, 6) is 1.02. The monoisotopic (exact) mass is 402 g/mol. The summed E-state index contributed by atoms with van der Waals surface area (Å²) in [5.41, 5.74) is 3.66. The summed E-state index contributed by atoms with van der Waals surface area (Å²) in [6.45, 7) is 7.67. The molecule has 154 valence electrons. The van der Waals surface area contributed by atoms with Crippen LogP contribution in [0.1, 0.15) is 35.7 Å². The van der Waals surface area contributed by atoms with Crippen LogP contribution in [-0.4, -0.2) is 47.0 Å². The molecule has 1 aliphatic heterocycles. The SMILES string of the molecule is CC(C)c1ccc(NC(=O)c2cccnc2)c(N2CCN(c3ncccn3)CC2)c1. The normalized spacial score (nSPS) is 14.1. The predicted molar refractivity (Wildman–Crippen MR) is 119 cm³/mol. The van der Waals surface area contributed by atoms with Crippen molar-refractivity contribution >= 4 is 23.2 Å². The highest BCUT2D eigenvalue weighted by molar-refractivity contribution is 6.05. The highest BCUT2D eigenvalue weighted by Crippen LogP contribution is 2.31. The van der Waals surface area contributed by atoms with Crippen LogP contribution in [0, 0.1) is 0 Å². The first-order valence-corrected chi connectivity index (χ1v) is 10.2. The fourth-order valence-electron chi connectivity index (χ4n) is 3.57. The van der Waals surface area contributed by atoms with Crippen LogP contribution in [0.2, 0.25) is 0 Å². The minimum Gasteiger partial charge on any atom is -0.366 e. The van der Waals surface area contributed by atoms with Gasteiger partial charge in [-0.25, -0.2) is 9.97 Å². The number of carbonyl (C=O) groups is 1. The molecule has 7 nitrogen and oxygen atoms in total. The molecule has 0 spiro atoms. The summed E-state index contributed by atoms with van der Waals surface area (Å²) in [7, 11) is 0. The predicted octanol–water partition coefficient (Wildman–Crippen LogP) is 3.57. The molecule has 4 rings (SSSR count). The van der Waals surface area contributed by atoms with Crippen molar-refractivity contribution in [1.82, 2.24) is 15.0 Å². The highest BCUT2D eigenvalue weighted by Gasteiger charge is 2.22.